The van der Waals surface area contributed by atoms with Gasteiger partial charge in [0.1, 0.15) is 48.3 Å². The number of guanidine groups is 1. The lowest BCUT2D eigenvalue weighted by Crippen LogP contribution is -2.61. The number of carbonyl (C=O) groups is 10. The van der Waals surface area contributed by atoms with Gasteiger partial charge in [0, 0.05) is 26.1 Å². The van der Waals surface area contributed by atoms with Crippen molar-refractivity contribution >= 4 is 65.1 Å². The van der Waals surface area contributed by atoms with Gasteiger partial charge < -0.3 is 86.1 Å². The van der Waals surface area contributed by atoms with Crippen molar-refractivity contribution in [3.63, 3.8) is 0 Å². The molecule has 9 amide bonds. The van der Waals surface area contributed by atoms with E-state index >= 15 is 0 Å². The van der Waals surface area contributed by atoms with Crippen LogP contribution in [0.15, 0.2) is 4.99 Å². The Hall–Kier alpha value is -6.19. The molecule has 2 aliphatic rings. The van der Waals surface area contributed by atoms with Crippen LogP contribution >= 0.6 is 0 Å². The van der Waals surface area contributed by atoms with E-state index in [4.69, 9.17) is 34.4 Å². The quantitative estimate of drug-likeness (QED) is 0.0197. The van der Waals surface area contributed by atoms with E-state index in [2.05, 4.69) is 31.6 Å². The summed E-state index contributed by atoms with van der Waals surface area (Å²) in [4.78, 5) is 137. The minimum Gasteiger partial charge on any atom is -0.480 e. The molecule has 0 radical (unpaired) electrons. The topological polar surface area (TPSA) is 466 Å². The number of rotatable bonds is 28. The number of carboxylic acids is 1. The lowest BCUT2D eigenvalue weighted by Gasteiger charge is -2.32. The minimum absolute atomic E-state index is 0.0141. The van der Waals surface area contributed by atoms with Crippen LogP contribution in [0.3, 0.4) is 0 Å². The van der Waals surface area contributed by atoms with Crippen molar-refractivity contribution in [3.05, 3.63) is 0 Å². The molecule has 0 aromatic rings. The van der Waals surface area contributed by atoms with Crippen LogP contribution in [0.1, 0.15) is 84.0 Å². The number of aliphatic hydroxyl groups excluding tert-OH is 2. The van der Waals surface area contributed by atoms with Gasteiger partial charge in [-0.05, 0) is 77.7 Å². The summed E-state index contributed by atoms with van der Waals surface area (Å²) in [5, 5.41) is 41.2. The second-order valence-electron chi connectivity index (χ2n) is 15.9. The highest BCUT2D eigenvalue weighted by Crippen LogP contribution is 2.23. The zero-order chi connectivity index (χ0) is 49.0. The van der Waals surface area contributed by atoms with Crippen molar-refractivity contribution in [2.75, 3.05) is 32.8 Å². The predicted octanol–water partition coefficient (Wildman–Crippen LogP) is -7.50. The molecule has 0 aliphatic carbocycles. The normalized spacial score (nSPS) is 19.0. The number of nitrogens with zero attached hydrogens (tertiary/aromatic N) is 3. The van der Waals surface area contributed by atoms with E-state index in [1.807, 2.05) is 0 Å². The minimum atomic E-state index is -1.68. The van der Waals surface area contributed by atoms with Crippen LogP contribution in [0.5, 0.6) is 0 Å². The van der Waals surface area contributed by atoms with Gasteiger partial charge in [0.25, 0.3) is 0 Å². The van der Waals surface area contributed by atoms with Crippen molar-refractivity contribution in [1.82, 2.24) is 36.4 Å². The van der Waals surface area contributed by atoms with Gasteiger partial charge in [0.15, 0.2) is 5.96 Å². The van der Waals surface area contributed by atoms with Crippen molar-refractivity contribution in [3.8, 4) is 0 Å². The van der Waals surface area contributed by atoms with Crippen LogP contribution in [0.25, 0.3) is 0 Å². The highest BCUT2D eigenvalue weighted by atomic mass is 16.4. The van der Waals surface area contributed by atoms with Gasteiger partial charge in [-0.25, -0.2) is 4.79 Å². The van der Waals surface area contributed by atoms with Crippen LogP contribution in [0, 0.1) is 0 Å². The van der Waals surface area contributed by atoms with Gasteiger partial charge >= 0.3 is 5.97 Å². The molecule has 0 spiro atoms. The Morgan fingerprint density at radius 2 is 1.22 bits per heavy atom. The number of amides is 9. The van der Waals surface area contributed by atoms with E-state index in [0.29, 0.717) is 25.7 Å². The van der Waals surface area contributed by atoms with E-state index in [0.717, 1.165) is 11.8 Å². The molecule has 0 bridgehead atoms. The smallest absolute Gasteiger partial charge is 0.326 e. The molecule has 2 saturated heterocycles. The molecular formula is C38H66N14O13. The van der Waals surface area contributed by atoms with Gasteiger partial charge in [0.2, 0.25) is 53.2 Å². The maximum atomic E-state index is 14.3. The fraction of sp³-hybridized carbons (Fsp3) is 0.711. The molecule has 366 valence electrons. The van der Waals surface area contributed by atoms with Gasteiger partial charge in [-0.1, -0.05) is 0 Å². The van der Waals surface area contributed by atoms with E-state index < -0.39 is 127 Å². The number of unbranched alkanes of at least 4 members (excludes halogenated alkanes) is 1. The number of nitrogens with one attached hydrogen (secondary N) is 5. The SMILES string of the molecule is C[C@@H](O)[C@H](NC(=O)[C@@H](N)CO)C(=O)N[C@@H](CC(N)=O)C(=O)N1CCC[C@H]1C(=O)N[C@@H](CCCCN)C(=O)N1CCC[C@H]1C(=O)N[C@@H](CCC(N)=O)C(=O)N[C@@H](CCCN=C(N)N)C(=O)O. The number of carbonyl (C=O) groups excluding carboxylic acids is 9. The van der Waals surface area contributed by atoms with Gasteiger partial charge in [-0.15, -0.1) is 0 Å². The molecule has 2 aliphatic heterocycles. The zero-order valence-electron chi connectivity index (χ0n) is 36.4. The average Bonchev–Trinajstić information content (AvgIpc) is 3.94. The van der Waals surface area contributed by atoms with Crippen LogP contribution in [-0.2, 0) is 47.9 Å². The fourth-order valence-electron chi connectivity index (χ4n) is 7.29. The summed E-state index contributed by atoms with van der Waals surface area (Å²) >= 11 is 0. The lowest BCUT2D eigenvalue weighted by molar-refractivity contribution is -0.145. The Bertz CT molecular complexity index is 1750. The summed E-state index contributed by atoms with van der Waals surface area (Å²) in [6.07, 6.45) is -1.10. The second kappa shape index (κ2) is 27.2. The summed E-state index contributed by atoms with van der Waals surface area (Å²) in [7, 11) is 0. The molecule has 20 N–H and O–H groups in total. The monoisotopic (exact) mass is 926 g/mol. The number of aliphatic hydroxyl groups is 2. The Kier molecular flexibility index (Phi) is 23.0. The maximum absolute atomic E-state index is 14.3. The summed E-state index contributed by atoms with van der Waals surface area (Å²) in [5.74, 6) is -9.57. The number of hydrogen-bond donors (Lipinski definition) is 14. The van der Waals surface area contributed by atoms with Crippen molar-refractivity contribution < 1.29 is 63.3 Å². The zero-order valence-corrected chi connectivity index (χ0v) is 36.4. The molecule has 9 atom stereocenters. The van der Waals surface area contributed by atoms with E-state index in [1.54, 1.807) is 0 Å². The largest absolute Gasteiger partial charge is 0.480 e. The number of carboxylic acid groups (broad SMARTS) is 1. The van der Waals surface area contributed by atoms with Gasteiger partial charge in [0.05, 0.1) is 19.1 Å². The number of likely N-dealkylation sites (tertiary alicyclic amines) is 2. The van der Waals surface area contributed by atoms with Gasteiger partial charge in [-0.3, -0.25) is 48.1 Å². The number of aliphatic imine (C=N–C) groups is 1. The van der Waals surface area contributed by atoms with Crippen LogP contribution in [0.4, 0.5) is 0 Å². The molecule has 2 fully saturated rings. The third-order valence-corrected chi connectivity index (χ3v) is 10.7. The Morgan fingerprint density at radius 3 is 1.71 bits per heavy atom. The summed E-state index contributed by atoms with van der Waals surface area (Å²) in [6.45, 7) is 0.765. The molecule has 27 nitrogen and oxygen atoms in total. The Morgan fingerprint density at radius 1 is 0.677 bits per heavy atom. The molecule has 0 aromatic carbocycles. The summed E-state index contributed by atoms with van der Waals surface area (Å²) in [6, 6.07) is -11.3. The maximum Gasteiger partial charge on any atom is 0.326 e. The molecular weight excluding hydrogens is 861 g/mol. The molecule has 65 heavy (non-hydrogen) atoms. The Labute approximate surface area is 374 Å². The van der Waals surface area contributed by atoms with Gasteiger partial charge in [-0.2, -0.15) is 0 Å². The molecule has 0 saturated carbocycles. The van der Waals surface area contributed by atoms with Crippen molar-refractivity contribution in [2.24, 2.45) is 39.4 Å². The number of hydrogen-bond acceptors (Lipinski definition) is 15. The summed E-state index contributed by atoms with van der Waals surface area (Å²) < 4.78 is 0. The molecule has 2 rings (SSSR count). The van der Waals surface area contributed by atoms with Crippen molar-refractivity contribution in [1.29, 1.82) is 0 Å². The van der Waals surface area contributed by atoms with Crippen LogP contribution in [0.2, 0.25) is 0 Å². The van der Waals surface area contributed by atoms with Crippen LogP contribution < -0.4 is 61.0 Å². The first-order chi connectivity index (χ1) is 30.6. The first-order valence-corrected chi connectivity index (χ1v) is 21.3. The fourth-order valence-corrected chi connectivity index (χ4v) is 7.29. The highest BCUT2D eigenvalue weighted by Gasteiger charge is 2.43. The summed E-state index contributed by atoms with van der Waals surface area (Å²) in [5.41, 5.74) is 32.5. The van der Waals surface area contributed by atoms with Crippen molar-refractivity contribution in [2.45, 2.75) is 138 Å². The number of primary amides is 2. The first-order valence-electron chi connectivity index (χ1n) is 21.3. The first kappa shape index (κ1) is 54.9. The third kappa shape index (κ3) is 17.7. The third-order valence-electron chi connectivity index (χ3n) is 10.7. The molecule has 0 unspecified atom stereocenters. The Balaban J connectivity index is 2.31. The predicted molar refractivity (Wildman–Crippen MR) is 229 cm³/mol. The molecule has 27 heteroatoms. The van der Waals surface area contributed by atoms with E-state index in [1.165, 1.54) is 4.90 Å². The molecule has 2 heterocycles. The highest BCUT2D eigenvalue weighted by molar-refractivity contribution is 5.99. The van der Waals surface area contributed by atoms with E-state index in [-0.39, 0.29) is 77.1 Å². The second-order valence-corrected chi connectivity index (χ2v) is 15.9. The number of nitrogens with two attached hydrogens (primary N) is 6. The number of aliphatic carboxylic acids is 1. The average molecular weight is 927 g/mol. The van der Waals surface area contributed by atoms with Crippen LogP contribution in [-0.4, -0.2) is 177 Å². The standard InChI is InChI=1S/C38H66N14O13/c1-19(54)29(50-30(57)20(40)18-53)34(61)49-24(17-28(42)56)36(63)52-16-6-10-26(52)33(60)47-22(7-2-3-13-39)35(62)51-15-5-9-25(51)32(59)46-21(11-12-27(41)55)31(58)48-23(37(64)65)8-4-14-45-38(43)44/h19-26,29,53-54H,2-18,39-40H2,1H3,(H2,41,55)(H2,42,56)(H,46,59)(H,47,60)(H,48,58)(H,49,61)(H,50,57)(H,64,65)(H4,43,44,45)/t19-,20+,21+,22+,23+,24+,25+,26+,29+/m1/s1. The molecule has 0 aromatic heterocycles. The lowest BCUT2D eigenvalue weighted by atomic mass is 10.0. The van der Waals surface area contributed by atoms with E-state index in [9.17, 15) is 63.3 Å².